The molecule has 0 aliphatic carbocycles. The summed E-state index contributed by atoms with van der Waals surface area (Å²) < 4.78 is 1.12. The predicted molar refractivity (Wildman–Crippen MR) is 84.6 cm³/mol. The van der Waals surface area contributed by atoms with Crippen LogP contribution in [0.3, 0.4) is 0 Å². The van der Waals surface area contributed by atoms with Crippen LogP contribution in [0.15, 0.2) is 42.5 Å². The second-order valence-corrected chi connectivity index (χ2v) is 5.55. The van der Waals surface area contributed by atoms with E-state index in [2.05, 4.69) is 27.9 Å². The Morgan fingerprint density at radius 2 is 2.05 bits per heavy atom. The second-order valence-electron chi connectivity index (χ2n) is 3.90. The van der Waals surface area contributed by atoms with Crippen molar-refractivity contribution in [3.8, 4) is 0 Å². The molecule has 0 atom stereocenters. The number of nitro groups is 1. The average Bonchev–Trinajstić information content (AvgIpc) is 2.37. The third kappa shape index (κ3) is 3.81. The summed E-state index contributed by atoms with van der Waals surface area (Å²) in [5, 5.41) is 14.4. The van der Waals surface area contributed by atoms with Crippen LogP contribution in [0.5, 0.6) is 0 Å². The average molecular weight is 389 g/mol. The number of rotatable bonds is 4. The van der Waals surface area contributed by atoms with Crippen LogP contribution in [-0.4, -0.2) is 4.92 Å². The number of nitro benzene ring substituents is 1. The Labute approximate surface area is 129 Å². The number of nitrogens with one attached hydrogen (secondary N) is 1. The summed E-state index contributed by atoms with van der Waals surface area (Å²) in [6.45, 7) is 0.445. The molecule has 0 bridgehead atoms. The zero-order valence-electron chi connectivity index (χ0n) is 9.77. The van der Waals surface area contributed by atoms with Crippen LogP contribution in [-0.2, 0) is 6.54 Å². The molecule has 0 radical (unpaired) electrons. The van der Waals surface area contributed by atoms with Crippen molar-refractivity contribution in [1.29, 1.82) is 0 Å². The lowest BCUT2D eigenvalue weighted by Gasteiger charge is -2.08. The summed E-state index contributed by atoms with van der Waals surface area (Å²) in [7, 11) is 0. The van der Waals surface area contributed by atoms with E-state index in [1.165, 1.54) is 12.1 Å². The molecule has 0 heterocycles. The molecule has 0 amide bonds. The van der Waals surface area contributed by atoms with E-state index in [9.17, 15) is 10.1 Å². The number of non-ortho nitro benzene ring substituents is 1. The number of benzene rings is 2. The SMILES string of the molecule is O=[N+]([O-])c1ccc(Cl)c(CNc2cccc(I)c2)c1. The molecule has 2 aromatic rings. The van der Waals surface area contributed by atoms with Crippen molar-refractivity contribution in [2.75, 3.05) is 5.32 Å². The van der Waals surface area contributed by atoms with Crippen molar-refractivity contribution in [3.05, 3.63) is 66.7 Å². The van der Waals surface area contributed by atoms with Crippen LogP contribution >= 0.6 is 34.2 Å². The molecule has 2 aromatic carbocycles. The molecule has 4 nitrogen and oxygen atoms in total. The van der Waals surface area contributed by atoms with E-state index in [-0.39, 0.29) is 5.69 Å². The van der Waals surface area contributed by atoms with Crippen molar-refractivity contribution in [1.82, 2.24) is 0 Å². The molecule has 0 aliphatic rings. The maximum absolute atomic E-state index is 10.7. The summed E-state index contributed by atoms with van der Waals surface area (Å²) in [5.41, 5.74) is 1.70. The monoisotopic (exact) mass is 388 g/mol. The Morgan fingerprint density at radius 3 is 2.74 bits per heavy atom. The first-order valence-electron chi connectivity index (χ1n) is 5.48. The first kappa shape index (κ1) is 14.1. The molecule has 6 heteroatoms. The minimum absolute atomic E-state index is 0.0452. The third-order valence-electron chi connectivity index (χ3n) is 2.55. The smallest absolute Gasteiger partial charge is 0.269 e. The fourth-order valence-corrected chi connectivity index (χ4v) is 2.33. The maximum atomic E-state index is 10.7. The zero-order chi connectivity index (χ0) is 13.8. The highest BCUT2D eigenvalue weighted by molar-refractivity contribution is 14.1. The summed E-state index contributed by atoms with van der Waals surface area (Å²) in [4.78, 5) is 10.3. The summed E-state index contributed by atoms with van der Waals surface area (Å²) in [5.74, 6) is 0. The number of halogens is 2. The molecule has 0 aromatic heterocycles. The van der Waals surface area contributed by atoms with Crippen LogP contribution in [0.4, 0.5) is 11.4 Å². The van der Waals surface area contributed by atoms with Crippen molar-refractivity contribution >= 4 is 45.6 Å². The van der Waals surface area contributed by atoms with Gasteiger partial charge in [-0.15, -0.1) is 0 Å². The van der Waals surface area contributed by atoms with Crippen LogP contribution in [0, 0.1) is 13.7 Å². The fraction of sp³-hybridized carbons (Fsp3) is 0.0769. The van der Waals surface area contributed by atoms with Gasteiger partial charge in [0.05, 0.1) is 4.92 Å². The van der Waals surface area contributed by atoms with E-state index in [4.69, 9.17) is 11.6 Å². The van der Waals surface area contributed by atoms with Gasteiger partial charge in [-0.25, -0.2) is 0 Å². The van der Waals surface area contributed by atoms with Gasteiger partial charge in [0.15, 0.2) is 0 Å². The quantitative estimate of drug-likeness (QED) is 0.478. The van der Waals surface area contributed by atoms with Crippen molar-refractivity contribution in [3.63, 3.8) is 0 Å². The minimum Gasteiger partial charge on any atom is -0.381 e. The van der Waals surface area contributed by atoms with E-state index in [0.29, 0.717) is 17.1 Å². The van der Waals surface area contributed by atoms with Crippen LogP contribution in [0.25, 0.3) is 0 Å². The third-order valence-corrected chi connectivity index (χ3v) is 3.59. The largest absolute Gasteiger partial charge is 0.381 e. The lowest BCUT2D eigenvalue weighted by atomic mass is 10.2. The Hall–Kier alpha value is -1.34. The molecular formula is C13H10ClIN2O2. The molecule has 0 aliphatic heterocycles. The highest BCUT2D eigenvalue weighted by Crippen LogP contribution is 2.23. The van der Waals surface area contributed by atoms with E-state index in [1.54, 1.807) is 6.07 Å². The standard InChI is InChI=1S/C13H10ClIN2O2/c14-13-5-4-12(17(18)19)6-9(13)8-16-11-3-1-2-10(15)7-11/h1-7,16H,8H2. The van der Waals surface area contributed by atoms with Crippen molar-refractivity contribution in [2.24, 2.45) is 0 Å². The van der Waals surface area contributed by atoms with Gasteiger partial charge in [-0.3, -0.25) is 10.1 Å². The molecule has 19 heavy (non-hydrogen) atoms. The molecule has 0 saturated carbocycles. The Balaban J connectivity index is 2.15. The number of nitrogens with zero attached hydrogens (tertiary/aromatic N) is 1. The second kappa shape index (κ2) is 6.21. The van der Waals surface area contributed by atoms with Gasteiger partial charge in [-0.05, 0) is 52.4 Å². The summed E-state index contributed by atoms with van der Waals surface area (Å²) in [6.07, 6.45) is 0. The van der Waals surface area contributed by atoms with E-state index in [0.717, 1.165) is 9.26 Å². The molecule has 2 rings (SSSR count). The van der Waals surface area contributed by atoms with Gasteiger partial charge in [-0.1, -0.05) is 17.7 Å². The van der Waals surface area contributed by atoms with Gasteiger partial charge in [0, 0.05) is 33.0 Å². The van der Waals surface area contributed by atoms with Crippen LogP contribution in [0.1, 0.15) is 5.56 Å². The summed E-state index contributed by atoms with van der Waals surface area (Å²) in [6, 6.07) is 12.3. The van der Waals surface area contributed by atoms with Gasteiger partial charge < -0.3 is 5.32 Å². The number of hydrogen-bond donors (Lipinski definition) is 1. The van der Waals surface area contributed by atoms with E-state index in [1.807, 2.05) is 24.3 Å². The van der Waals surface area contributed by atoms with Crippen molar-refractivity contribution < 1.29 is 4.92 Å². The van der Waals surface area contributed by atoms with Crippen molar-refractivity contribution in [2.45, 2.75) is 6.54 Å². The minimum atomic E-state index is -0.425. The lowest BCUT2D eigenvalue weighted by Crippen LogP contribution is -2.01. The van der Waals surface area contributed by atoms with E-state index < -0.39 is 4.92 Å². The maximum Gasteiger partial charge on any atom is 0.269 e. The molecule has 1 N–H and O–H groups in total. The molecule has 98 valence electrons. The van der Waals surface area contributed by atoms with E-state index >= 15 is 0 Å². The van der Waals surface area contributed by atoms with Gasteiger partial charge in [0.25, 0.3) is 5.69 Å². The van der Waals surface area contributed by atoms with Gasteiger partial charge in [0.1, 0.15) is 0 Å². The first-order valence-corrected chi connectivity index (χ1v) is 6.94. The van der Waals surface area contributed by atoms with Gasteiger partial charge >= 0.3 is 0 Å². The number of anilines is 1. The first-order chi connectivity index (χ1) is 9.06. The molecular weight excluding hydrogens is 379 g/mol. The Kier molecular flexibility index (Phi) is 4.60. The topological polar surface area (TPSA) is 55.2 Å². The molecule has 0 fully saturated rings. The highest BCUT2D eigenvalue weighted by Gasteiger charge is 2.09. The normalized spacial score (nSPS) is 10.2. The molecule has 0 saturated heterocycles. The predicted octanol–water partition coefficient (Wildman–Crippen LogP) is 4.46. The molecule has 0 unspecified atom stereocenters. The van der Waals surface area contributed by atoms with Crippen LogP contribution < -0.4 is 5.32 Å². The number of hydrogen-bond acceptors (Lipinski definition) is 3. The fourth-order valence-electron chi connectivity index (χ4n) is 1.61. The Bertz CT molecular complexity index is 619. The van der Waals surface area contributed by atoms with Crippen LogP contribution in [0.2, 0.25) is 5.02 Å². The lowest BCUT2D eigenvalue weighted by molar-refractivity contribution is -0.384. The summed E-state index contributed by atoms with van der Waals surface area (Å²) >= 11 is 8.26. The Morgan fingerprint density at radius 1 is 1.26 bits per heavy atom. The zero-order valence-corrected chi connectivity index (χ0v) is 12.7. The van der Waals surface area contributed by atoms with Gasteiger partial charge in [0.2, 0.25) is 0 Å². The highest BCUT2D eigenvalue weighted by atomic mass is 127. The molecule has 0 spiro atoms. The van der Waals surface area contributed by atoms with Gasteiger partial charge in [-0.2, -0.15) is 0 Å².